The molecule has 3 heterocycles. The van der Waals surface area contributed by atoms with Gasteiger partial charge < -0.3 is 4.90 Å². The normalized spacial score (nSPS) is 21.1. The molecule has 2 aromatic carbocycles. The predicted molar refractivity (Wildman–Crippen MR) is 136 cm³/mol. The first-order chi connectivity index (χ1) is 15.7. The SMILES string of the molecule is Cc1ccc2c(c1)SC1=NC3=C(C(=O)CC(C)(C)C3)C(c3cc4cc(C)ccc4nc3Cl)N12. The van der Waals surface area contributed by atoms with Crippen molar-refractivity contribution in [3.05, 3.63) is 75.6 Å². The zero-order valence-electron chi connectivity index (χ0n) is 19.1. The third-order valence-electron chi connectivity index (χ3n) is 6.69. The van der Waals surface area contributed by atoms with Crippen LogP contribution in [0.25, 0.3) is 10.9 Å². The minimum Gasteiger partial charge on any atom is -0.308 e. The molecular formula is C27H24ClN3OS. The van der Waals surface area contributed by atoms with Crippen LogP contribution in [0.2, 0.25) is 5.15 Å². The summed E-state index contributed by atoms with van der Waals surface area (Å²) in [5.74, 6) is 0.153. The highest BCUT2D eigenvalue weighted by Crippen LogP contribution is 2.54. The van der Waals surface area contributed by atoms with Crippen molar-refractivity contribution in [2.45, 2.75) is 51.5 Å². The van der Waals surface area contributed by atoms with E-state index < -0.39 is 0 Å². The van der Waals surface area contributed by atoms with Gasteiger partial charge in [-0.1, -0.05) is 43.1 Å². The molecular weight excluding hydrogens is 450 g/mol. The van der Waals surface area contributed by atoms with Crippen LogP contribution in [-0.2, 0) is 4.79 Å². The molecule has 166 valence electrons. The highest BCUT2D eigenvalue weighted by molar-refractivity contribution is 8.14. The molecule has 33 heavy (non-hydrogen) atoms. The Bertz CT molecular complexity index is 1440. The molecule has 1 unspecified atom stereocenters. The molecule has 4 nitrogen and oxygen atoms in total. The Morgan fingerprint density at radius 3 is 2.64 bits per heavy atom. The minimum absolute atomic E-state index is 0.109. The van der Waals surface area contributed by atoms with Gasteiger partial charge in [0, 0.05) is 27.8 Å². The van der Waals surface area contributed by atoms with Gasteiger partial charge in [-0.25, -0.2) is 9.98 Å². The number of anilines is 1. The zero-order valence-corrected chi connectivity index (χ0v) is 20.6. The minimum atomic E-state index is -0.336. The second kappa shape index (κ2) is 7.18. The van der Waals surface area contributed by atoms with Crippen LogP contribution in [0.4, 0.5) is 5.69 Å². The number of amidine groups is 1. The van der Waals surface area contributed by atoms with Crippen LogP contribution >= 0.6 is 23.4 Å². The number of halogens is 1. The summed E-state index contributed by atoms with van der Waals surface area (Å²) in [6.07, 6.45) is 1.28. The van der Waals surface area contributed by atoms with Gasteiger partial charge >= 0.3 is 0 Å². The number of aliphatic imine (C=N–C) groups is 1. The fraction of sp³-hybridized carbons (Fsp3) is 0.296. The van der Waals surface area contributed by atoms with Gasteiger partial charge in [-0.15, -0.1) is 0 Å². The Morgan fingerprint density at radius 1 is 1.06 bits per heavy atom. The monoisotopic (exact) mass is 473 g/mol. The second-order valence-corrected chi connectivity index (χ2v) is 11.5. The van der Waals surface area contributed by atoms with Crippen molar-refractivity contribution in [1.29, 1.82) is 0 Å². The van der Waals surface area contributed by atoms with Crippen LogP contribution in [0.15, 0.2) is 63.6 Å². The van der Waals surface area contributed by atoms with E-state index in [9.17, 15) is 4.79 Å². The van der Waals surface area contributed by atoms with Crippen molar-refractivity contribution < 1.29 is 4.79 Å². The lowest BCUT2D eigenvalue weighted by atomic mass is 9.73. The van der Waals surface area contributed by atoms with E-state index in [1.54, 1.807) is 11.8 Å². The molecule has 1 aliphatic carbocycles. The van der Waals surface area contributed by atoms with Crippen LogP contribution in [0.1, 0.15) is 49.4 Å². The number of allylic oxidation sites excluding steroid dienone is 1. The third kappa shape index (κ3) is 3.32. The Hall–Kier alpha value is -2.63. The predicted octanol–water partition coefficient (Wildman–Crippen LogP) is 7.17. The second-order valence-electron chi connectivity index (χ2n) is 10.1. The lowest BCUT2D eigenvalue weighted by Crippen LogP contribution is -2.40. The maximum Gasteiger partial charge on any atom is 0.174 e. The molecule has 0 spiro atoms. The number of aromatic nitrogens is 1. The zero-order chi connectivity index (χ0) is 23.1. The molecule has 0 bridgehead atoms. The number of hydrogen-bond acceptors (Lipinski definition) is 5. The first-order valence-corrected chi connectivity index (χ1v) is 12.4. The lowest BCUT2D eigenvalue weighted by Gasteiger charge is -2.40. The smallest absolute Gasteiger partial charge is 0.174 e. The first-order valence-electron chi connectivity index (χ1n) is 11.2. The van der Waals surface area contributed by atoms with Crippen molar-refractivity contribution in [3.8, 4) is 0 Å². The van der Waals surface area contributed by atoms with Gasteiger partial charge in [0.15, 0.2) is 11.0 Å². The molecule has 0 amide bonds. The van der Waals surface area contributed by atoms with E-state index in [1.165, 1.54) is 5.56 Å². The van der Waals surface area contributed by atoms with E-state index in [-0.39, 0.29) is 17.2 Å². The Morgan fingerprint density at radius 2 is 1.82 bits per heavy atom. The van der Waals surface area contributed by atoms with E-state index in [2.05, 4.69) is 62.9 Å². The fourth-order valence-electron chi connectivity index (χ4n) is 5.21. The number of fused-ring (bicyclic) bond motifs is 4. The number of carbonyl (C=O) groups excluding carboxylic acids is 1. The average Bonchev–Trinajstić information content (AvgIpc) is 3.08. The summed E-state index contributed by atoms with van der Waals surface area (Å²) in [5.41, 5.74) is 6.70. The summed E-state index contributed by atoms with van der Waals surface area (Å²) in [6.45, 7) is 8.45. The first kappa shape index (κ1) is 20.9. The number of rotatable bonds is 1. The van der Waals surface area contributed by atoms with Crippen LogP contribution in [-0.4, -0.2) is 15.9 Å². The maximum absolute atomic E-state index is 13.6. The number of nitrogens with zero attached hydrogens (tertiary/aromatic N) is 3. The van der Waals surface area contributed by atoms with Gasteiger partial charge in [-0.05, 0) is 73.3 Å². The van der Waals surface area contributed by atoms with Crippen molar-refractivity contribution in [2.24, 2.45) is 10.4 Å². The molecule has 3 aliphatic rings. The maximum atomic E-state index is 13.6. The highest BCUT2D eigenvalue weighted by atomic mass is 35.5. The van der Waals surface area contributed by atoms with Crippen LogP contribution < -0.4 is 4.90 Å². The Balaban J connectivity index is 1.62. The molecule has 3 aromatic rings. The van der Waals surface area contributed by atoms with Crippen molar-refractivity contribution in [2.75, 3.05) is 4.90 Å². The largest absolute Gasteiger partial charge is 0.308 e. The molecule has 1 aromatic heterocycles. The van der Waals surface area contributed by atoms with Crippen LogP contribution in [0, 0.1) is 19.3 Å². The van der Waals surface area contributed by atoms with Crippen molar-refractivity contribution in [3.63, 3.8) is 0 Å². The molecule has 0 saturated heterocycles. The van der Waals surface area contributed by atoms with Crippen molar-refractivity contribution in [1.82, 2.24) is 4.98 Å². The van der Waals surface area contributed by atoms with Crippen LogP contribution in [0.5, 0.6) is 0 Å². The summed E-state index contributed by atoms with van der Waals surface area (Å²) in [4.78, 5) is 26.7. The number of aryl methyl sites for hydroxylation is 2. The molecule has 6 rings (SSSR count). The fourth-order valence-corrected chi connectivity index (χ4v) is 6.63. The summed E-state index contributed by atoms with van der Waals surface area (Å²) < 4.78 is 0. The van der Waals surface area contributed by atoms with Crippen LogP contribution in [0.3, 0.4) is 0 Å². The summed E-state index contributed by atoms with van der Waals surface area (Å²) >= 11 is 8.50. The highest BCUT2D eigenvalue weighted by Gasteiger charge is 2.46. The molecule has 2 aliphatic heterocycles. The molecule has 0 saturated carbocycles. The van der Waals surface area contributed by atoms with E-state index in [0.717, 1.165) is 55.5 Å². The van der Waals surface area contributed by atoms with E-state index in [1.807, 2.05) is 12.1 Å². The number of carbonyl (C=O) groups is 1. The number of Topliss-reactive ketones (excluding diaryl/α,β-unsaturated/α-hetero) is 1. The third-order valence-corrected chi connectivity index (χ3v) is 8.01. The average molecular weight is 474 g/mol. The quantitative estimate of drug-likeness (QED) is 0.351. The number of hydrogen-bond donors (Lipinski definition) is 0. The van der Waals surface area contributed by atoms with Gasteiger partial charge in [-0.2, -0.15) is 0 Å². The summed E-state index contributed by atoms with van der Waals surface area (Å²) in [5, 5.41) is 2.37. The molecule has 6 heteroatoms. The standard InChI is InChI=1S/C27H24ClN3OS/c1-14-5-7-18-16(9-14)11-17(25(28)29-18)24-23-19(12-27(3,4)13-21(23)32)30-26-31(24)20-8-6-15(2)10-22(20)33-26/h5-11,24H,12-13H2,1-4H3. The molecule has 1 atom stereocenters. The summed E-state index contributed by atoms with van der Waals surface area (Å²) in [6, 6.07) is 14.4. The molecule has 0 radical (unpaired) electrons. The topological polar surface area (TPSA) is 45.6 Å². The summed E-state index contributed by atoms with van der Waals surface area (Å²) in [7, 11) is 0. The van der Waals surface area contributed by atoms with E-state index in [4.69, 9.17) is 21.6 Å². The Labute approximate surface area is 202 Å². The van der Waals surface area contributed by atoms with E-state index >= 15 is 0 Å². The molecule has 0 fully saturated rings. The van der Waals surface area contributed by atoms with Gasteiger partial charge in [-0.3, -0.25) is 4.79 Å². The number of benzene rings is 2. The number of thioether (sulfide) groups is 1. The Kier molecular flexibility index (Phi) is 4.56. The van der Waals surface area contributed by atoms with Gasteiger partial charge in [0.1, 0.15) is 5.15 Å². The van der Waals surface area contributed by atoms with Gasteiger partial charge in [0.2, 0.25) is 0 Å². The lowest BCUT2D eigenvalue weighted by molar-refractivity contribution is -0.118. The van der Waals surface area contributed by atoms with Gasteiger partial charge in [0.25, 0.3) is 0 Å². The number of ketones is 1. The number of pyridine rings is 1. The van der Waals surface area contributed by atoms with E-state index in [0.29, 0.717) is 11.6 Å². The van der Waals surface area contributed by atoms with Gasteiger partial charge in [0.05, 0.1) is 22.9 Å². The van der Waals surface area contributed by atoms with Crippen molar-refractivity contribution >= 4 is 50.9 Å². The molecule has 0 N–H and O–H groups in total.